The van der Waals surface area contributed by atoms with Crippen molar-refractivity contribution in [3.63, 3.8) is 0 Å². The highest BCUT2D eigenvalue weighted by Crippen LogP contribution is 2.21. The van der Waals surface area contributed by atoms with Gasteiger partial charge in [0.1, 0.15) is 6.04 Å². The first-order valence-corrected chi connectivity index (χ1v) is 7.44. The van der Waals surface area contributed by atoms with Crippen molar-refractivity contribution in [3.8, 4) is 0 Å². The van der Waals surface area contributed by atoms with Crippen LogP contribution in [-0.2, 0) is 4.79 Å². The maximum atomic E-state index is 12.2. The molecule has 0 aromatic carbocycles. The highest BCUT2D eigenvalue weighted by atomic mass is 16.2. The van der Waals surface area contributed by atoms with Gasteiger partial charge in [-0.15, -0.1) is 0 Å². The van der Waals surface area contributed by atoms with Crippen LogP contribution in [0.25, 0.3) is 0 Å². The number of carbonyl (C=O) groups excluding carboxylic acids is 1. The monoisotopic (exact) mass is 267 g/mol. The van der Waals surface area contributed by atoms with Crippen molar-refractivity contribution in [2.75, 3.05) is 33.2 Å². The van der Waals surface area contributed by atoms with Crippen LogP contribution >= 0.6 is 0 Å². The zero-order valence-corrected chi connectivity index (χ0v) is 11.6. The van der Waals surface area contributed by atoms with Crippen LogP contribution < -0.4 is 21.4 Å². The summed E-state index contributed by atoms with van der Waals surface area (Å²) in [5.74, 6) is 0.811. The SMILES string of the molecule is CN1CCC(C(=O)NC2CNC3CCNCC3C2)N1. The lowest BCUT2D eigenvalue weighted by Crippen LogP contribution is -2.59. The summed E-state index contributed by atoms with van der Waals surface area (Å²) < 4.78 is 0. The largest absolute Gasteiger partial charge is 0.351 e. The Morgan fingerprint density at radius 2 is 2.21 bits per heavy atom. The van der Waals surface area contributed by atoms with Crippen LogP contribution in [0.15, 0.2) is 0 Å². The quantitative estimate of drug-likeness (QED) is 0.498. The van der Waals surface area contributed by atoms with E-state index < -0.39 is 0 Å². The molecule has 3 rings (SSSR count). The summed E-state index contributed by atoms with van der Waals surface area (Å²) in [7, 11) is 1.98. The van der Waals surface area contributed by atoms with Crippen LogP contribution in [0.2, 0.25) is 0 Å². The van der Waals surface area contributed by atoms with Gasteiger partial charge in [-0.2, -0.15) is 0 Å². The van der Waals surface area contributed by atoms with E-state index in [1.807, 2.05) is 12.1 Å². The molecule has 3 aliphatic heterocycles. The van der Waals surface area contributed by atoms with E-state index in [-0.39, 0.29) is 18.0 Å². The molecule has 19 heavy (non-hydrogen) atoms. The van der Waals surface area contributed by atoms with E-state index >= 15 is 0 Å². The van der Waals surface area contributed by atoms with Crippen LogP contribution in [0.4, 0.5) is 0 Å². The second kappa shape index (κ2) is 5.75. The Balaban J connectivity index is 1.49. The number of amides is 1. The predicted octanol–water partition coefficient (Wildman–Crippen LogP) is -1.35. The Kier molecular flexibility index (Phi) is 4.02. The molecule has 4 unspecified atom stereocenters. The number of hydrogen-bond donors (Lipinski definition) is 4. The second-order valence-corrected chi connectivity index (χ2v) is 6.10. The average Bonchev–Trinajstić information content (AvgIpc) is 2.85. The van der Waals surface area contributed by atoms with Crippen molar-refractivity contribution in [3.05, 3.63) is 0 Å². The highest BCUT2D eigenvalue weighted by Gasteiger charge is 2.34. The van der Waals surface area contributed by atoms with E-state index in [1.165, 1.54) is 6.42 Å². The van der Waals surface area contributed by atoms with Gasteiger partial charge >= 0.3 is 0 Å². The summed E-state index contributed by atoms with van der Waals surface area (Å²) in [6.45, 7) is 4.04. The molecule has 0 bridgehead atoms. The zero-order valence-electron chi connectivity index (χ0n) is 11.6. The van der Waals surface area contributed by atoms with Crippen LogP contribution in [0.5, 0.6) is 0 Å². The van der Waals surface area contributed by atoms with Crippen LogP contribution in [0.3, 0.4) is 0 Å². The number of nitrogens with one attached hydrogen (secondary N) is 4. The van der Waals surface area contributed by atoms with E-state index in [0.29, 0.717) is 12.0 Å². The van der Waals surface area contributed by atoms with Crippen LogP contribution in [0.1, 0.15) is 19.3 Å². The summed E-state index contributed by atoms with van der Waals surface area (Å²) in [6, 6.07) is 0.874. The van der Waals surface area contributed by atoms with Gasteiger partial charge in [-0.3, -0.25) is 4.79 Å². The molecule has 3 aliphatic rings. The standard InChI is InChI=1S/C13H25N5O/c1-18-5-3-12(17-18)13(19)16-10-6-9-7-14-4-2-11(9)15-8-10/h9-12,14-15,17H,2-8H2,1H3,(H,16,19). The number of hydrogen-bond acceptors (Lipinski definition) is 5. The molecule has 3 fully saturated rings. The van der Waals surface area contributed by atoms with Gasteiger partial charge < -0.3 is 16.0 Å². The highest BCUT2D eigenvalue weighted by molar-refractivity contribution is 5.82. The molecule has 3 saturated heterocycles. The summed E-state index contributed by atoms with van der Waals surface area (Å²) in [5.41, 5.74) is 3.19. The molecule has 0 aromatic rings. The number of carbonyl (C=O) groups is 1. The van der Waals surface area contributed by atoms with Gasteiger partial charge in [-0.1, -0.05) is 0 Å². The third-order valence-corrected chi connectivity index (χ3v) is 4.61. The lowest BCUT2D eigenvalue weighted by Gasteiger charge is -2.40. The fraction of sp³-hybridized carbons (Fsp3) is 0.923. The molecule has 3 heterocycles. The van der Waals surface area contributed by atoms with E-state index in [9.17, 15) is 4.79 Å². The molecule has 4 N–H and O–H groups in total. The van der Waals surface area contributed by atoms with Crippen molar-refractivity contribution >= 4 is 5.91 Å². The Labute approximate surface area is 114 Å². The fourth-order valence-corrected chi connectivity index (χ4v) is 3.50. The third-order valence-electron chi connectivity index (χ3n) is 4.61. The van der Waals surface area contributed by atoms with Crippen LogP contribution in [0, 0.1) is 5.92 Å². The Morgan fingerprint density at radius 1 is 1.32 bits per heavy atom. The van der Waals surface area contributed by atoms with Crippen molar-refractivity contribution < 1.29 is 4.79 Å². The molecule has 6 nitrogen and oxygen atoms in total. The molecule has 0 aliphatic carbocycles. The van der Waals surface area contributed by atoms with Gasteiger partial charge in [0.05, 0.1) is 0 Å². The van der Waals surface area contributed by atoms with Crippen LogP contribution in [-0.4, -0.2) is 62.3 Å². The van der Waals surface area contributed by atoms with Gasteiger partial charge in [-0.25, -0.2) is 10.4 Å². The minimum atomic E-state index is -0.0489. The first-order chi connectivity index (χ1) is 9.22. The van der Waals surface area contributed by atoms with E-state index in [1.54, 1.807) is 0 Å². The average molecular weight is 267 g/mol. The summed E-state index contributed by atoms with van der Waals surface area (Å²) in [5, 5.41) is 12.2. The van der Waals surface area contributed by atoms with Gasteiger partial charge in [0.15, 0.2) is 0 Å². The minimum Gasteiger partial charge on any atom is -0.351 e. The molecule has 0 saturated carbocycles. The fourth-order valence-electron chi connectivity index (χ4n) is 3.50. The van der Waals surface area contributed by atoms with Gasteiger partial charge in [0.2, 0.25) is 5.91 Å². The maximum absolute atomic E-state index is 12.2. The summed E-state index contributed by atoms with van der Waals surface area (Å²) in [4.78, 5) is 12.2. The normalized spacial score (nSPS) is 39.8. The van der Waals surface area contributed by atoms with Crippen molar-refractivity contribution in [2.45, 2.75) is 37.4 Å². The van der Waals surface area contributed by atoms with E-state index in [0.717, 1.165) is 39.0 Å². The molecule has 1 amide bonds. The predicted molar refractivity (Wildman–Crippen MR) is 73.5 cm³/mol. The lowest BCUT2D eigenvalue weighted by molar-refractivity contribution is -0.124. The second-order valence-electron chi connectivity index (χ2n) is 6.10. The lowest BCUT2D eigenvalue weighted by atomic mass is 9.84. The Bertz CT molecular complexity index is 337. The summed E-state index contributed by atoms with van der Waals surface area (Å²) in [6.07, 6.45) is 3.20. The first kappa shape index (κ1) is 13.3. The number of nitrogens with zero attached hydrogens (tertiary/aromatic N) is 1. The smallest absolute Gasteiger partial charge is 0.238 e. The topological polar surface area (TPSA) is 68.4 Å². The first-order valence-electron chi connectivity index (χ1n) is 7.44. The van der Waals surface area contributed by atoms with E-state index in [4.69, 9.17) is 0 Å². The van der Waals surface area contributed by atoms with Gasteiger partial charge in [0.25, 0.3) is 0 Å². The van der Waals surface area contributed by atoms with Crippen molar-refractivity contribution in [2.24, 2.45) is 5.92 Å². The van der Waals surface area contributed by atoms with Gasteiger partial charge in [0, 0.05) is 32.2 Å². The third kappa shape index (κ3) is 3.08. The Morgan fingerprint density at radius 3 is 3.00 bits per heavy atom. The van der Waals surface area contributed by atoms with Crippen molar-refractivity contribution in [1.82, 2.24) is 26.4 Å². The Hall–Kier alpha value is -0.690. The number of fused-ring (bicyclic) bond motifs is 1. The molecule has 0 radical (unpaired) electrons. The molecular formula is C13H25N5O. The molecule has 108 valence electrons. The van der Waals surface area contributed by atoms with E-state index in [2.05, 4.69) is 21.4 Å². The molecular weight excluding hydrogens is 242 g/mol. The summed E-state index contributed by atoms with van der Waals surface area (Å²) >= 11 is 0. The minimum absolute atomic E-state index is 0.0489. The maximum Gasteiger partial charge on any atom is 0.238 e. The van der Waals surface area contributed by atoms with Gasteiger partial charge in [-0.05, 0) is 38.3 Å². The zero-order chi connectivity index (χ0) is 13.2. The molecule has 0 spiro atoms. The number of piperidine rings is 2. The molecule has 6 heteroatoms. The number of hydrazine groups is 1. The van der Waals surface area contributed by atoms with Crippen molar-refractivity contribution in [1.29, 1.82) is 0 Å². The molecule has 4 atom stereocenters. The molecule has 0 aromatic heterocycles. The number of rotatable bonds is 2.